The van der Waals surface area contributed by atoms with Crippen molar-refractivity contribution in [3.8, 4) is 0 Å². The summed E-state index contributed by atoms with van der Waals surface area (Å²) in [4.78, 5) is 11.8. The number of aryl methyl sites for hydroxylation is 1. The molecule has 0 heterocycles. The van der Waals surface area contributed by atoms with Crippen molar-refractivity contribution in [2.45, 2.75) is 6.92 Å². The monoisotopic (exact) mass is 277 g/mol. The van der Waals surface area contributed by atoms with E-state index in [-0.39, 0.29) is 5.69 Å². The second-order valence-corrected chi connectivity index (χ2v) is 4.28. The Morgan fingerprint density at radius 1 is 1.15 bits per heavy atom. The van der Waals surface area contributed by atoms with Crippen molar-refractivity contribution in [2.24, 2.45) is 0 Å². The molecule has 20 heavy (non-hydrogen) atoms. The van der Waals surface area contributed by atoms with Crippen molar-refractivity contribution in [2.75, 3.05) is 16.4 Å². The minimum Gasteiger partial charge on any atom is -0.399 e. The van der Waals surface area contributed by atoms with E-state index < -0.39 is 17.7 Å². The molecular weight excluding hydrogens is 264 g/mol. The summed E-state index contributed by atoms with van der Waals surface area (Å²) in [5, 5.41) is 4.85. The molecule has 0 aliphatic rings. The first-order chi connectivity index (χ1) is 9.45. The van der Waals surface area contributed by atoms with Gasteiger partial charge in [0, 0.05) is 17.4 Å². The Morgan fingerprint density at radius 2 is 1.90 bits per heavy atom. The van der Waals surface area contributed by atoms with Crippen LogP contribution in [0.15, 0.2) is 36.4 Å². The Kier molecular flexibility index (Phi) is 3.84. The molecule has 2 rings (SSSR count). The van der Waals surface area contributed by atoms with Crippen LogP contribution in [0.3, 0.4) is 0 Å². The van der Waals surface area contributed by atoms with Crippen LogP contribution in [0.2, 0.25) is 0 Å². The molecular formula is C14H13F2N3O. The van der Waals surface area contributed by atoms with Gasteiger partial charge < -0.3 is 16.4 Å². The largest absolute Gasteiger partial charge is 0.399 e. The number of urea groups is 1. The van der Waals surface area contributed by atoms with Crippen LogP contribution in [-0.4, -0.2) is 6.03 Å². The van der Waals surface area contributed by atoms with Gasteiger partial charge in [0.25, 0.3) is 0 Å². The second-order valence-electron chi connectivity index (χ2n) is 4.28. The van der Waals surface area contributed by atoms with Gasteiger partial charge in [-0.3, -0.25) is 0 Å². The topological polar surface area (TPSA) is 67.2 Å². The Labute approximate surface area is 114 Å². The summed E-state index contributed by atoms with van der Waals surface area (Å²) < 4.78 is 26.5. The average Bonchev–Trinajstić information content (AvgIpc) is 2.33. The lowest BCUT2D eigenvalue weighted by Gasteiger charge is -2.11. The molecule has 4 N–H and O–H groups in total. The van der Waals surface area contributed by atoms with E-state index in [2.05, 4.69) is 10.6 Å². The molecule has 0 bridgehead atoms. The highest BCUT2D eigenvalue weighted by atomic mass is 19.1. The van der Waals surface area contributed by atoms with Crippen LogP contribution < -0.4 is 16.4 Å². The fourth-order valence-corrected chi connectivity index (χ4v) is 1.75. The maximum absolute atomic E-state index is 13.6. The molecule has 0 spiro atoms. The van der Waals surface area contributed by atoms with E-state index in [9.17, 15) is 13.6 Å². The zero-order valence-electron chi connectivity index (χ0n) is 10.7. The molecule has 0 radical (unpaired) electrons. The minimum absolute atomic E-state index is 0.0622. The van der Waals surface area contributed by atoms with E-state index in [1.807, 2.05) is 0 Å². The fourth-order valence-electron chi connectivity index (χ4n) is 1.75. The number of nitrogens with two attached hydrogens (primary N) is 1. The third-order valence-corrected chi connectivity index (χ3v) is 2.64. The summed E-state index contributed by atoms with van der Waals surface area (Å²) in [7, 11) is 0. The van der Waals surface area contributed by atoms with Crippen molar-refractivity contribution < 1.29 is 13.6 Å². The number of carbonyl (C=O) groups is 1. The van der Waals surface area contributed by atoms with E-state index >= 15 is 0 Å². The molecule has 0 unspecified atom stereocenters. The first-order valence-electron chi connectivity index (χ1n) is 5.85. The zero-order valence-corrected chi connectivity index (χ0v) is 10.7. The second kappa shape index (κ2) is 5.56. The fraction of sp³-hybridized carbons (Fsp3) is 0.0714. The van der Waals surface area contributed by atoms with Crippen LogP contribution in [0.1, 0.15) is 5.56 Å². The maximum atomic E-state index is 13.6. The molecule has 0 aromatic heterocycles. The highest BCUT2D eigenvalue weighted by molar-refractivity contribution is 6.00. The van der Waals surface area contributed by atoms with Crippen LogP contribution in [0.4, 0.5) is 30.6 Å². The van der Waals surface area contributed by atoms with Gasteiger partial charge in [-0.2, -0.15) is 0 Å². The van der Waals surface area contributed by atoms with Crippen LogP contribution in [0, 0.1) is 18.6 Å². The van der Waals surface area contributed by atoms with E-state index in [4.69, 9.17) is 5.73 Å². The van der Waals surface area contributed by atoms with Gasteiger partial charge in [-0.1, -0.05) is 6.07 Å². The van der Waals surface area contributed by atoms with Gasteiger partial charge in [-0.25, -0.2) is 13.6 Å². The van der Waals surface area contributed by atoms with Crippen molar-refractivity contribution >= 4 is 23.1 Å². The molecule has 0 fully saturated rings. The third kappa shape index (κ3) is 3.23. The summed E-state index contributed by atoms with van der Waals surface area (Å²) >= 11 is 0. The number of carbonyl (C=O) groups excluding carboxylic acids is 1. The van der Waals surface area contributed by atoms with E-state index in [1.54, 1.807) is 24.3 Å². The Morgan fingerprint density at radius 3 is 2.55 bits per heavy atom. The van der Waals surface area contributed by atoms with Crippen LogP contribution in [-0.2, 0) is 0 Å². The molecule has 0 saturated heterocycles. The summed E-state index contributed by atoms with van der Waals surface area (Å²) in [5.74, 6) is -1.52. The van der Waals surface area contributed by atoms with E-state index in [0.717, 1.165) is 6.07 Å². The Hall–Kier alpha value is -2.63. The summed E-state index contributed by atoms with van der Waals surface area (Å²) in [5.41, 5.74) is 6.78. The van der Waals surface area contributed by atoms with Crippen molar-refractivity contribution in [1.82, 2.24) is 0 Å². The molecule has 0 atom stereocenters. The molecule has 2 amide bonds. The number of amides is 2. The molecule has 2 aromatic rings. The quantitative estimate of drug-likeness (QED) is 0.735. The van der Waals surface area contributed by atoms with Crippen LogP contribution >= 0.6 is 0 Å². The van der Waals surface area contributed by atoms with Crippen LogP contribution in [0.25, 0.3) is 0 Å². The van der Waals surface area contributed by atoms with Crippen LogP contribution in [0.5, 0.6) is 0 Å². The van der Waals surface area contributed by atoms with Gasteiger partial charge in [-0.05, 0) is 36.8 Å². The van der Waals surface area contributed by atoms with E-state index in [1.165, 1.54) is 6.92 Å². The highest BCUT2D eigenvalue weighted by Crippen LogP contribution is 2.21. The van der Waals surface area contributed by atoms with Gasteiger partial charge in [0.05, 0.1) is 5.69 Å². The van der Waals surface area contributed by atoms with Gasteiger partial charge in [0.1, 0.15) is 11.6 Å². The predicted molar refractivity (Wildman–Crippen MR) is 74.6 cm³/mol. The number of anilines is 3. The van der Waals surface area contributed by atoms with Gasteiger partial charge in [0.2, 0.25) is 0 Å². The first-order valence-corrected chi connectivity index (χ1v) is 5.85. The maximum Gasteiger partial charge on any atom is 0.323 e. The lowest BCUT2D eigenvalue weighted by Crippen LogP contribution is -2.21. The molecule has 6 heteroatoms. The molecule has 0 aliphatic carbocycles. The number of nitrogens with one attached hydrogen (secondary N) is 2. The molecule has 0 aliphatic heterocycles. The van der Waals surface area contributed by atoms with Crippen molar-refractivity contribution in [3.05, 3.63) is 53.6 Å². The van der Waals surface area contributed by atoms with Crippen molar-refractivity contribution in [1.29, 1.82) is 0 Å². The van der Waals surface area contributed by atoms with Crippen molar-refractivity contribution in [3.63, 3.8) is 0 Å². The normalized spacial score (nSPS) is 10.2. The smallest absolute Gasteiger partial charge is 0.323 e. The van der Waals surface area contributed by atoms with Gasteiger partial charge in [0.15, 0.2) is 0 Å². The molecule has 104 valence electrons. The van der Waals surface area contributed by atoms with Gasteiger partial charge in [-0.15, -0.1) is 0 Å². The molecule has 2 aromatic carbocycles. The number of hydrogen-bond donors (Lipinski definition) is 3. The molecule has 4 nitrogen and oxygen atoms in total. The molecule has 0 saturated carbocycles. The number of benzene rings is 2. The number of nitrogen functional groups attached to an aromatic ring is 1. The Balaban J connectivity index is 2.13. The number of hydrogen-bond acceptors (Lipinski definition) is 2. The lowest BCUT2D eigenvalue weighted by molar-refractivity contribution is 0.262. The lowest BCUT2D eigenvalue weighted by atomic mass is 10.2. The Bertz CT molecular complexity index is 636. The summed E-state index contributed by atoms with van der Waals surface area (Å²) in [6.45, 7) is 1.50. The minimum atomic E-state index is -0.828. The third-order valence-electron chi connectivity index (χ3n) is 2.64. The highest BCUT2D eigenvalue weighted by Gasteiger charge is 2.11. The average molecular weight is 277 g/mol. The zero-order chi connectivity index (χ0) is 14.7. The van der Waals surface area contributed by atoms with E-state index in [0.29, 0.717) is 23.0 Å². The summed E-state index contributed by atoms with van der Waals surface area (Å²) in [6, 6.07) is 7.77. The SMILES string of the molecule is Cc1cc(F)cc(F)c1NC(=O)Nc1cccc(N)c1. The standard InChI is InChI=1S/C14H13F2N3O/c1-8-5-9(15)6-12(16)13(8)19-14(20)18-11-4-2-3-10(17)7-11/h2-7H,17H2,1H3,(H2,18,19,20). The number of rotatable bonds is 2. The summed E-state index contributed by atoms with van der Waals surface area (Å²) in [6.07, 6.45) is 0. The first kappa shape index (κ1) is 13.8. The number of halogens is 2. The predicted octanol–water partition coefficient (Wildman–Crippen LogP) is 3.50. The van der Waals surface area contributed by atoms with Gasteiger partial charge >= 0.3 is 6.03 Å².